The summed E-state index contributed by atoms with van der Waals surface area (Å²) in [6.45, 7) is -2.77. The number of nitrogens with zero attached hydrogens (tertiary/aromatic N) is 1. The fourth-order valence-electron chi connectivity index (χ4n) is 2.95. The van der Waals surface area contributed by atoms with Gasteiger partial charge >= 0.3 is 12.6 Å². The van der Waals surface area contributed by atoms with E-state index in [-0.39, 0.29) is 24.5 Å². The lowest BCUT2D eigenvalue weighted by atomic mass is 9.80. The Kier molecular flexibility index (Phi) is 5.71. The van der Waals surface area contributed by atoms with Gasteiger partial charge in [-0.25, -0.2) is 0 Å². The number of hydrogen-bond acceptors (Lipinski definition) is 4. The number of alkyl halides is 2. The molecule has 1 aromatic carbocycles. The maximum absolute atomic E-state index is 12.7. The third-order valence-corrected chi connectivity index (χ3v) is 4.07. The maximum atomic E-state index is 12.7. The molecule has 1 unspecified atom stereocenters. The van der Waals surface area contributed by atoms with Crippen molar-refractivity contribution >= 4 is 11.9 Å². The number of carbonyl (C=O) groups is 2. The Hall–Kier alpha value is -2.22. The maximum Gasteiger partial charge on any atom is 0.387 e. The van der Waals surface area contributed by atoms with Crippen molar-refractivity contribution in [3.05, 3.63) is 29.8 Å². The number of hydrogen-bond donors (Lipinski definition) is 1. The van der Waals surface area contributed by atoms with Gasteiger partial charge in [-0.3, -0.25) is 9.59 Å². The molecule has 132 valence electrons. The summed E-state index contributed by atoms with van der Waals surface area (Å²) in [7, 11) is 1.40. The van der Waals surface area contributed by atoms with E-state index in [2.05, 4.69) is 4.74 Å². The number of carboxylic acid groups (broad SMARTS) is 1. The molecule has 0 aliphatic carbocycles. The van der Waals surface area contributed by atoms with Gasteiger partial charge in [0, 0.05) is 20.2 Å². The summed E-state index contributed by atoms with van der Waals surface area (Å²) in [5.41, 5.74) is -1.21. The molecule has 1 aliphatic rings. The molecule has 6 nitrogen and oxygen atoms in total. The van der Waals surface area contributed by atoms with E-state index in [0.717, 1.165) is 0 Å². The molecule has 1 aromatic rings. The van der Waals surface area contributed by atoms with E-state index < -0.39 is 23.9 Å². The van der Waals surface area contributed by atoms with Gasteiger partial charge in [-0.2, -0.15) is 8.78 Å². The number of halogens is 2. The molecule has 1 atom stereocenters. The second-order valence-corrected chi connectivity index (χ2v) is 5.72. The molecule has 8 heteroatoms. The van der Waals surface area contributed by atoms with Crippen LogP contribution in [-0.2, 0) is 9.53 Å². The van der Waals surface area contributed by atoms with Gasteiger partial charge in [0.15, 0.2) is 0 Å². The zero-order chi connectivity index (χ0) is 17.7. The minimum absolute atomic E-state index is 0.0172. The van der Waals surface area contributed by atoms with E-state index in [0.29, 0.717) is 19.4 Å². The summed E-state index contributed by atoms with van der Waals surface area (Å²) < 4.78 is 34.4. The lowest BCUT2D eigenvalue weighted by Gasteiger charge is -2.39. The van der Waals surface area contributed by atoms with Crippen LogP contribution in [0.3, 0.4) is 0 Å². The summed E-state index contributed by atoms with van der Waals surface area (Å²) in [4.78, 5) is 25.7. The van der Waals surface area contributed by atoms with Crippen molar-refractivity contribution in [1.82, 2.24) is 4.90 Å². The molecule has 0 bridgehead atoms. The van der Waals surface area contributed by atoms with Crippen molar-refractivity contribution in [3.63, 3.8) is 0 Å². The number of ether oxygens (including phenoxy) is 2. The Morgan fingerprint density at radius 3 is 2.71 bits per heavy atom. The normalized spacial score (nSPS) is 20.9. The fourth-order valence-corrected chi connectivity index (χ4v) is 2.95. The van der Waals surface area contributed by atoms with Crippen molar-refractivity contribution in [2.45, 2.75) is 19.5 Å². The quantitative estimate of drug-likeness (QED) is 0.857. The average molecular weight is 343 g/mol. The van der Waals surface area contributed by atoms with Gasteiger partial charge in [0.1, 0.15) is 11.2 Å². The molecule has 1 fully saturated rings. The van der Waals surface area contributed by atoms with Crippen molar-refractivity contribution in [1.29, 1.82) is 0 Å². The number of aliphatic carboxylic acids is 1. The van der Waals surface area contributed by atoms with Crippen LogP contribution in [0.5, 0.6) is 5.75 Å². The Bertz CT molecular complexity index is 606. The third kappa shape index (κ3) is 3.81. The molecule has 1 aliphatic heterocycles. The molecule has 1 saturated heterocycles. The molecule has 0 saturated carbocycles. The van der Waals surface area contributed by atoms with E-state index >= 15 is 0 Å². The van der Waals surface area contributed by atoms with Crippen LogP contribution in [-0.4, -0.2) is 55.3 Å². The highest BCUT2D eigenvalue weighted by molar-refractivity contribution is 5.97. The first kappa shape index (κ1) is 18.1. The lowest BCUT2D eigenvalue weighted by molar-refractivity contribution is -0.155. The molecular formula is C16H19F2NO5. The summed E-state index contributed by atoms with van der Waals surface area (Å²) in [6.07, 6.45) is 0.869. The van der Waals surface area contributed by atoms with Crippen LogP contribution in [0, 0.1) is 5.41 Å². The summed E-state index contributed by atoms with van der Waals surface area (Å²) in [5.74, 6) is -1.80. The van der Waals surface area contributed by atoms with Gasteiger partial charge < -0.3 is 19.5 Å². The molecule has 0 radical (unpaired) electrons. The molecule has 1 heterocycles. The predicted octanol–water partition coefficient (Wildman–Crippen LogP) is 2.24. The number of amides is 1. The number of likely N-dealkylation sites (tertiary alicyclic amines) is 1. The van der Waals surface area contributed by atoms with Gasteiger partial charge in [-0.05, 0) is 25.0 Å². The van der Waals surface area contributed by atoms with E-state index in [1.807, 2.05) is 0 Å². The molecule has 0 spiro atoms. The highest BCUT2D eigenvalue weighted by Crippen LogP contribution is 2.32. The standard InChI is InChI=1S/C16H19F2NO5/c1-23-10-16(14(21)22)7-4-8-19(9-16)13(20)11-5-2-3-6-12(11)24-15(17)18/h2-3,5-6,15H,4,7-10H2,1H3,(H,21,22). The van der Waals surface area contributed by atoms with Gasteiger partial charge in [0.05, 0.1) is 12.2 Å². The van der Waals surface area contributed by atoms with Crippen molar-refractivity contribution in [2.75, 3.05) is 26.8 Å². The zero-order valence-corrected chi connectivity index (χ0v) is 13.2. The van der Waals surface area contributed by atoms with Crippen molar-refractivity contribution in [3.8, 4) is 5.75 Å². The van der Waals surface area contributed by atoms with Crippen LogP contribution in [0.25, 0.3) is 0 Å². The number of rotatable bonds is 6. The summed E-state index contributed by atoms with van der Waals surface area (Å²) in [6, 6.07) is 5.68. The number of methoxy groups -OCH3 is 1. The van der Waals surface area contributed by atoms with Crippen LogP contribution in [0.2, 0.25) is 0 Å². The van der Waals surface area contributed by atoms with E-state index in [1.165, 1.54) is 36.3 Å². The van der Waals surface area contributed by atoms with Crippen LogP contribution < -0.4 is 4.74 Å². The highest BCUT2D eigenvalue weighted by Gasteiger charge is 2.44. The number of benzene rings is 1. The fraction of sp³-hybridized carbons (Fsp3) is 0.500. The van der Waals surface area contributed by atoms with Crippen LogP contribution in [0.4, 0.5) is 8.78 Å². The first-order valence-electron chi connectivity index (χ1n) is 7.45. The topological polar surface area (TPSA) is 76.1 Å². The molecular weight excluding hydrogens is 324 g/mol. The second kappa shape index (κ2) is 7.57. The number of piperidine rings is 1. The van der Waals surface area contributed by atoms with Gasteiger partial charge in [0.2, 0.25) is 0 Å². The Balaban J connectivity index is 2.25. The van der Waals surface area contributed by atoms with Crippen LogP contribution in [0.1, 0.15) is 23.2 Å². The van der Waals surface area contributed by atoms with Crippen LogP contribution >= 0.6 is 0 Å². The molecule has 0 aromatic heterocycles. The van der Waals surface area contributed by atoms with Gasteiger partial charge in [-0.15, -0.1) is 0 Å². The van der Waals surface area contributed by atoms with Gasteiger partial charge in [-0.1, -0.05) is 12.1 Å². The van der Waals surface area contributed by atoms with Gasteiger partial charge in [0.25, 0.3) is 5.91 Å². The highest BCUT2D eigenvalue weighted by atomic mass is 19.3. The Labute approximate surface area is 138 Å². The first-order chi connectivity index (χ1) is 11.4. The van der Waals surface area contributed by atoms with Crippen LogP contribution in [0.15, 0.2) is 24.3 Å². The number of para-hydroxylation sites is 1. The summed E-state index contributed by atoms with van der Waals surface area (Å²) in [5, 5.41) is 9.52. The largest absolute Gasteiger partial charge is 0.481 e. The average Bonchev–Trinajstić information content (AvgIpc) is 2.54. The molecule has 24 heavy (non-hydrogen) atoms. The summed E-state index contributed by atoms with van der Waals surface area (Å²) >= 11 is 0. The number of carbonyl (C=O) groups excluding carboxylic acids is 1. The molecule has 1 N–H and O–H groups in total. The second-order valence-electron chi connectivity index (χ2n) is 5.72. The number of carboxylic acids is 1. The lowest BCUT2D eigenvalue weighted by Crippen LogP contribution is -2.52. The predicted molar refractivity (Wildman–Crippen MR) is 80.2 cm³/mol. The Morgan fingerprint density at radius 1 is 1.38 bits per heavy atom. The molecule has 1 amide bonds. The van der Waals surface area contributed by atoms with E-state index in [1.54, 1.807) is 0 Å². The van der Waals surface area contributed by atoms with E-state index in [4.69, 9.17) is 4.74 Å². The van der Waals surface area contributed by atoms with Crippen molar-refractivity contribution < 1.29 is 33.0 Å². The van der Waals surface area contributed by atoms with Crippen molar-refractivity contribution in [2.24, 2.45) is 5.41 Å². The SMILES string of the molecule is COCC1(C(=O)O)CCCN(C(=O)c2ccccc2OC(F)F)C1. The monoisotopic (exact) mass is 343 g/mol. The molecule has 2 rings (SSSR count). The van der Waals surface area contributed by atoms with E-state index in [9.17, 15) is 23.5 Å². The third-order valence-electron chi connectivity index (χ3n) is 4.07. The smallest absolute Gasteiger partial charge is 0.387 e. The first-order valence-corrected chi connectivity index (χ1v) is 7.45. The minimum Gasteiger partial charge on any atom is -0.481 e. The Morgan fingerprint density at radius 2 is 2.08 bits per heavy atom. The zero-order valence-electron chi connectivity index (χ0n) is 13.2. The minimum atomic E-state index is -3.05.